The molecule has 0 aliphatic carbocycles. The van der Waals surface area contributed by atoms with E-state index in [1.54, 1.807) is 14.2 Å². The van der Waals surface area contributed by atoms with Crippen molar-refractivity contribution in [2.45, 2.75) is 19.8 Å². The van der Waals surface area contributed by atoms with E-state index in [0.717, 1.165) is 21.3 Å². The number of hydrogen-bond acceptors (Lipinski definition) is 3. The predicted molar refractivity (Wildman–Crippen MR) is 95.4 cm³/mol. The molecule has 0 radical (unpaired) electrons. The number of rotatable bonds is 6. The molecule has 1 N–H and O–H groups in total. The van der Waals surface area contributed by atoms with E-state index >= 15 is 0 Å². The van der Waals surface area contributed by atoms with E-state index in [4.69, 9.17) is 9.47 Å². The van der Waals surface area contributed by atoms with Crippen LogP contribution in [0, 0.1) is 6.92 Å². The van der Waals surface area contributed by atoms with E-state index in [2.05, 4.69) is 21.2 Å². The number of amides is 1. The molecule has 0 bridgehead atoms. The van der Waals surface area contributed by atoms with E-state index in [-0.39, 0.29) is 5.91 Å². The van der Waals surface area contributed by atoms with Gasteiger partial charge in [0.15, 0.2) is 11.5 Å². The van der Waals surface area contributed by atoms with E-state index in [1.807, 2.05) is 43.3 Å². The van der Waals surface area contributed by atoms with Crippen molar-refractivity contribution in [2.75, 3.05) is 19.5 Å². The zero-order valence-electron chi connectivity index (χ0n) is 13.5. The topological polar surface area (TPSA) is 47.6 Å². The lowest BCUT2D eigenvalue weighted by Crippen LogP contribution is -2.12. The molecule has 0 heterocycles. The fourth-order valence-electron chi connectivity index (χ4n) is 2.28. The minimum atomic E-state index is -0.0164. The molecule has 1 amide bonds. The fourth-order valence-corrected chi connectivity index (χ4v) is 2.80. The molecule has 2 rings (SSSR count). The highest BCUT2D eigenvalue weighted by molar-refractivity contribution is 9.10. The monoisotopic (exact) mass is 377 g/mol. The smallest absolute Gasteiger partial charge is 0.224 e. The Kier molecular flexibility index (Phi) is 6.04. The quantitative estimate of drug-likeness (QED) is 0.813. The molecule has 2 aromatic carbocycles. The molecule has 0 aliphatic heterocycles. The van der Waals surface area contributed by atoms with Gasteiger partial charge in [-0.15, -0.1) is 0 Å². The van der Waals surface area contributed by atoms with Gasteiger partial charge in [-0.1, -0.05) is 28.1 Å². The molecular formula is C18H20BrNO3. The van der Waals surface area contributed by atoms with Crippen LogP contribution in [0.25, 0.3) is 0 Å². The Morgan fingerprint density at radius 2 is 1.83 bits per heavy atom. The normalized spacial score (nSPS) is 10.3. The summed E-state index contributed by atoms with van der Waals surface area (Å²) in [5.74, 6) is 1.30. The Hall–Kier alpha value is -2.01. The molecule has 0 spiro atoms. The van der Waals surface area contributed by atoms with E-state index in [1.165, 1.54) is 0 Å². The van der Waals surface area contributed by atoms with Crippen LogP contribution in [0.1, 0.15) is 17.5 Å². The molecule has 0 atom stereocenters. The maximum atomic E-state index is 12.1. The largest absolute Gasteiger partial charge is 0.493 e. The summed E-state index contributed by atoms with van der Waals surface area (Å²) in [6, 6.07) is 11.5. The van der Waals surface area contributed by atoms with Gasteiger partial charge in [-0.05, 0) is 48.7 Å². The molecule has 0 unspecified atom stereocenters. The minimum absolute atomic E-state index is 0.0164. The highest BCUT2D eigenvalue weighted by atomic mass is 79.9. The van der Waals surface area contributed by atoms with Gasteiger partial charge in [0.05, 0.1) is 14.2 Å². The average Bonchev–Trinajstić information content (AvgIpc) is 2.53. The molecule has 0 fully saturated rings. The third-order valence-corrected chi connectivity index (χ3v) is 4.21. The van der Waals surface area contributed by atoms with Crippen LogP contribution >= 0.6 is 15.9 Å². The molecule has 122 valence electrons. The molecule has 0 aromatic heterocycles. The second-order valence-electron chi connectivity index (χ2n) is 5.22. The van der Waals surface area contributed by atoms with Gasteiger partial charge in [0.25, 0.3) is 0 Å². The summed E-state index contributed by atoms with van der Waals surface area (Å²) in [5, 5.41) is 2.91. The van der Waals surface area contributed by atoms with Crippen LogP contribution in [-0.4, -0.2) is 20.1 Å². The Labute approximate surface area is 144 Å². The number of carbonyl (C=O) groups excluding carboxylic acids is 1. The lowest BCUT2D eigenvalue weighted by molar-refractivity contribution is -0.116. The predicted octanol–water partition coefficient (Wildman–Crippen LogP) is 4.35. The van der Waals surface area contributed by atoms with Crippen LogP contribution in [-0.2, 0) is 11.2 Å². The van der Waals surface area contributed by atoms with Gasteiger partial charge in [0.1, 0.15) is 0 Å². The summed E-state index contributed by atoms with van der Waals surface area (Å²) in [4.78, 5) is 12.1. The van der Waals surface area contributed by atoms with Crippen LogP contribution in [0.5, 0.6) is 11.5 Å². The van der Waals surface area contributed by atoms with Crippen molar-refractivity contribution in [1.82, 2.24) is 0 Å². The number of benzene rings is 2. The van der Waals surface area contributed by atoms with Crippen molar-refractivity contribution in [1.29, 1.82) is 0 Å². The SMILES string of the molecule is COc1cc(Br)c(CCC(=O)Nc2cccc(C)c2)cc1OC. The number of aryl methyl sites for hydroxylation is 2. The van der Waals surface area contributed by atoms with Crippen LogP contribution in [0.2, 0.25) is 0 Å². The first-order chi connectivity index (χ1) is 11.0. The fraction of sp³-hybridized carbons (Fsp3) is 0.278. The number of halogens is 1. The van der Waals surface area contributed by atoms with Gasteiger partial charge < -0.3 is 14.8 Å². The van der Waals surface area contributed by atoms with Crippen LogP contribution in [0.4, 0.5) is 5.69 Å². The molecule has 0 aliphatic rings. The van der Waals surface area contributed by atoms with E-state index in [9.17, 15) is 4.79 Å². The molecule has 2 aromatic rings. The Morgan fingerprint density at radius 1 is 1.13 bits per heavy atom. The highest BCUT2D eigenvalue weighted by Gasteiger charge is 2.11. The first-order valence-electron chi connectivity index (χ1n) is 7.30. The van der Waals surface area contributed by atoms with Gasteiger partial charge in [-0.2, -0.15) is 0 Å². The molecule has 0 saturated carbocycles. The zero-order chi connectivity index (χ0) is 16.8. The number of carbonyl (C=O) groups is 1. The first kappa shape index (κ1) is 17.3. The minimum Gasteiger partial charge on any atom is -0.493 e. The third kappa shape index (κ3) is 4.73. The third-order valence-electron chi connectivity index (χ3n) is 3.48. The lowest BCUT2D eigenvalue weighted by Gasteiger charge is -2.12. The maximum absolute atomic E-state index is 12.1. The van der Waals surface area contributed by atoms with Gasteiger partial charge in [-0.25, -0.2) is 0 Å². The average molecular weight is 378 g/mol. The maximum Gasteiger partial charge on any atom is 0.224 e. The Morgan fingerprint density at radius 3 is 2.48 bits per heavy atom. The zero-order valence-corrected chi connectivity index (χ0v) is 15.1. The molecular weight excluding hydrogens is 358 g/mol. The molecule has 0 saturated heterocycles. The Bertz CT molecular complexity index is 701. The number of nitrogens with one attached hydrogen (secondary N) is 1. The van der Waals surface area contributed by atoms with Crippen molar-refractivity contribution in [3.63, 3.8) is 0 Å². The summed E-state index contributed by atoms with van der Waals surface area (Å²) < 4.78 is 11.5. The van der Waals surface area contributed by atoms with Crippen molar-refractivity contribution in [3.05, 3.63) is 52.0 Å². The van der Waals surface area contributed by atoms with Gasteiger partial charge in [0, 0.05) is 16.6 Å². The van der Waals surface area contributed by atoms with E-state index in [0.29, 0.717) is 24.3 Å². The van der Waals surface area contributed by atoms with Gasteiger partial charge in [0.2, 0.25) is 5.91 Å². The van der Waals surface area contributed by atoms with Crippen molar-refractivity contribution >= 4 is 27.5 Å². The van der Waals surface area contributed by atoms with Crippen molar-refractivity contribution in [3.8, 4) is 11.5 Å². The second kappa shape index (κ2) is 8.02. The Balaban J connectivity index is 2.01. The summed E-state index contributed by atoms with van der Waals surface area (Å²) >= 11 is 3.51. The summed E-state index contributed by atoms with van der Waals surface area (Å²) in [7, 11) is 3.19. The number of ether oxygens (including phenoxy) is 2. The first-order valence-corrected chi connectivity index (χ1v) is 8.09. The number of methoxy groups -OCH3 is 2. The molecule has 5 heteroatoms. The van der Waals surface area contributed by atoms with Crippen molar-refractivity contribution < 1.29 is 14.3 Å². The standard InChI is InChI=1S/C18H20BrNO3/c1-12-5-4-6-14(9-12)20-18(21)8-7-13-10-16(22-2)17(23-3)11-15(13)19/h4-6,9-11H,7-8H2,1-3H3,(H,20,21). The van der Waals surface area contributed by atoms with Crippen LogP contribution in [0.15, 0.2) is 40.9 Å². The van der Waals surface area contributed by atoms with Crippen LogP contribution < -0.4 is 14.8 Å². The van der Waals surface area contributed by atoms with E-state index < -0.39 is 0 Å². The summed E-state index contributed by atoms with van der Waals surface area (Å²) in [6.07, 6.45) is 1.00. The summed E-state index contributed by atoms with van der Waals surface area (Å²) in [5.41, 5.74) is 2.94. The number of anilines is 1. The highest BCUT2D eigenvalue weighted by Crippen LogP contribution is 2.33. The van der Waals surface area contributed by atoms with Crippen LogP contribution in [0.3, 0.4) is 0 Å². The van der Waals surface area contributed by atoms with Gasteiger partial charge in [-0.3, -0.25) is 4.79 Å². The van der Waals surface area contributed by atoms with Gasteiger partial charge >= 0.3 is 0 Å². The summed E-state index contributed by atoms with van der Waals surface area (Å²) in [6.45, 7) is 2.00. The second-order valence-corrected chi connectivity index (χ2v) is 6.07. The van der Waals surface area contributed by atoms with Crippen molar-refractivity contribution in [2.24, 2.45) is 0 Å². The molecule has 23 heavy (non-hydrogen) atoms. The lowest BCUT2D eigenvalue weighted by atomic mass is 10.1. The number of hydrogen-bond donors (Lipinski definition) is 1. The molecule has 4 nitrogen and oxygen atoms in total.